The summed E-state index contributed by atoms with van der Waals surface area (Å²) in [7, 11) is 0. The second-order valence-electron chi connectivity index (χ2n) is 11.0. The van der Waals surface area contributed by atoms with Crippen LogP contribution in [-0.2, 0) is 13.0 Å². The average Bonchev–Trinajstić information content (AvgIpc) is 3.57. The lowest BCUT2D eigenvalue weighted by Gasteiger charge is -2.28. The van der Waals surface area contributed by atoms with Gasteiger partial charge >= 0.3 is 0 Å². The van der Waals surface area contributed by atoms with Crippen molar-refractivity contribution in [2.24, 2.45) is 5.92 Å². The normalized spacial score (nSPS) is 18.1. The fraction of sp³-hybridized carbons (Fsp3) is 0.433. The van der Waals surface area contributed by atoms with Crippen molar-refractivity contribution in [3.05, 3.63) is 71.3 Å². The first kappa shape index (κ1) is 24.7. The van der Waals surface area contributed by atoms with Gasteiger partial charge in [0.05, 0.1) is 34.7 Å². The van der Waals surface area contributed by atoms with Crippen molar-refractivity contribution >= 4 is 16.7 Å². The molecule has 2 N–H and O–H groups in total. The van der Waals surface area contributed by atoms with Gasteiger partial charge in [0.1, 0.15) is 6.33 Å². The molecule has 6 rings (SSSR count). The van der Waals surface area contributed by atoms with E-state index in [0.29, 0.717) is 11.6 Å². The summed E-state index contributed by atoms with van der Waals surface area (Å²) < 4.78 is 1.74. The first-order valence-electron chi connectivity index (χ1n) is 13.7. The highest BCUT2D eigenvalue weighted by molar-refractivity contribution is 5.88. The van der Waals surface area contributed by atoms with Gasteiger partial charge in [-0.2, -0.15) is 5.10 Å². The topological polar surface area (TPSA) is 105 Å². The molecule has 5 aromatic heterocycles. The molecule has 1 fully saturated rings. The van der Waals surface area contributed by atoms with E-state index in [4.69, 9.17) is 4.98 Å². The fourth-order valence-electron chi connectivity index (χ4n) is 6.01. The van der Waals surface area contributed by atoms with Crippen molar-refractivity contribution in [3.63, 3.8) is 0 Å². The van der Waals surface area contributed by atoms with Gasteiger partial charge in [0.15, 0.2) is 5.65 Å². The van der Waals surface area contributed by atoms with E-state index in [1.165, 1.54) is 49.7 Å². The molecule has 0 aliphatic heterocycles. The highest BCUT2D eigenvalue weighted by atomic mass is 16.3. The Kier molecular flexibility index (Phi) is 6.66. The summed E-state index contributed by atoms with van der Waals surface area (Å²) >= 11 is 0. The number of H-pyrrole nitrogens is 1. The number of aromatic nitrogens is 7. The number of fused-ring (bicyclic) bond motifs is 2. The van der Waals surface area contributed by atoms with E-state index in [2.05, 4.69) is 51.0 Å². The molecule has 196 valence electrons. The van der Waals surface area contributed by atoms with Crippen LogP contribution in [0.3, 0.4) is 0 Å². The van der Waals surface area contributed by atoms with E-state index in [1.807, 2.05) is 31.6 Å². The van der Waals surface area contributed by atoms with Crippen LogP contribution in [0.5, 0.6) is 0 Å². The van der Waals surface area contributed by atoms with Crippen LogP contribution in [0.1, 0.15) is 86.0 Å². The molecule has 0 radical (unpaired) electrons. The Bertz CT molecular complexity index is 1560. The van der Waals surface area contributed by atoms with E-state index >= 15 is 0 Å². The monoisotopic (exact) mass is 509 g/mol. The second-order valence-corrected chi connectivity index (χ2v) is 11.0. The number of aliphatic hydroxyl groups is 1. The quantitative estimate of drug-likeness (QED) is 0.283. The molecule has 0 saturated heterocycles. The van der Waals surface area contributed by atoms with Crippen LogP contribution >= 0.6 is 0 Å². The van der Waals surface area contributed by atoms with E-state index in [1.54, 1.807) is 4.52 Å². The second kappa shape index (κ2) is 10.3. The lowest BCUT2D eigenvalue weighted by Crippen LogP contribution is -2.15. The Labute approximate surface area is 222 Å². The van der Waals surface area contributed by atoms with Gasteiger partial charge in [-0.05, 0) is 75.5 Å². The smallest absolute Gasteiger partial charge is 0.160 e. The van der Waals surface area contributed by atoms with Crippen molar-refractivity contribution in [1.29, 1.82) is 0 Å². The molecule has 0 amide bonds. The number of hydrogen-bond acceptors (Lipinski definition) is 6. The summed E-state index contributed by atoms with van der Waals surface area (Å²) in [4.78, 5) is 22.1. The molecule has 0 aromatic carbocycles. The lowest BCUT2D eigenvalue weighted by atomic mass is 9.78. The van der Waals surface area contributed by atoms with Crippen LogP contribution in [-0.4, -0.2) is 39.6 Å². The predicted molar refractivity (Wildman–Crippen MR) is 148 cm³/mol. The Morgan fingerprint density at radius 3 is 2.66 bits per heavy atom. The number of hydrogen-bond donors (Lipinski definition) is 2. The zero-order valence-corrected chi connectivity index (χ0v) is 22.4. The first-order chi connectivity index (χ1) is 18.5. The van der Waals surface area contributed by atoms with Crippen molar-refractivity contribution < 1.29 is 5.11 Å². The zero-order valence-electron chi connectivity index (χ0n) is 22.4. The standard InChI is InChI=1S/C30H35N7O/c1-18(2)27-28(22-12-23(16-38)30-33-17-34-37(30)15-22)36-26-11-10-25(35-29(26)27)21-7-4-20(5-8-21)6-9-24-14-31-19(3)13-32-24/h10-15,17-18,20-21,36,38H,4-9,16H2,1-3H3. The third-order valence-electron chi connectivity index (χ3n) is 8.10. The number of aromatic amines is 1. The van der Waals surface area contributed by atoms with Gasteiger partial charge in [0.2, 0.25) is 0 Å². The van der Waals surface area contributed by atoms with Gasteiger partial charge < -0.3 is 10.1 Å². The minimum atomic E-state index is -0.0865. The van der Waals surface area contributed by atoms with Crippen LogP contribution in [0, 0.1) is 12.8 Å². The summed E-state index contributed by atoms with van der Waals surface area (Å²) in [5.74, 6) is 1.53. The van der Waals surface area contributed by atoms with Crippen molar-refractivity contribution in [2.45, 2.75) is 77.7 Å². The molecule has 0 spiro atoms. The molecule has 5 heterocycles. The number of rotatable bonds is 7. The van der Waals surface area contributed by atoms with Gasteiger partial charge in [-0.1, -0.05) is 13.8 Å². The Morgan fingerprint density at radius 2 is 1.92 bits per heavy atom. The average molecular weight is 510 g/mol. The number of aliphatic hydroxyl groups excluding tert-OH is 1. The van der Waals surface area contributed by atoms with Crippen LogP contribution in [0.25, 0.3) is 27.9 Å². The first-order valence-corrected chi connectivity index (χ1v) is 13.7. The summed E-state index contributed by atoms with van der Waals surface area (Å²) in [6, 6.07) is 6.40. The minimum absolute atomic E-state index is 0.0865. The van der Waals surface area contributed by atoms with Crippen molar-refractivity contribution in [1.82, 2.24) is 34.5 Å². The molecular weight excluding hydrogens is 474 g/mol. The molecule has 0 bridgehead atoms. The Hall–Kier alpha value is -3.65. The molecule has 1 saturated carbocycles. The molecule has 8 nitrogen and oxygen atoms in total. The fourth-order valence-corrected chi connectivity index (χ4v) is 6.01. The molecule has 0 atom stereocenters. The largest absolute Gasteiger partial charge is 0.392 e. The highest BCUT2D eigenvalue weighted by Crippen LogP contribution is 2.40. The third-order valence-corrected chi connectivity index (χ3v) is 8.10. The molecular formula is C30H35N7O. The molecule has 5 aromatic rings. The van der Waals surface area contributed by atoms with Gasteiger partial charge in [0, 0.05) is 46.9 Å². The molecule has 38 heavy (non-hydrogen) atoms. The van der Waals surface area contributed by atoms with Gasteiger partial charge in [-0.15, -0.1) is 0 Å². The SMILES string of the molecule is Cc1cnc(CCC2CCC(c3ccc4[nH]c(-c5cc(CO)c6ncnn6c5)c(C(C)C)c4n3)CC2)cn1. The van der Waals surface area contributed by atoms with Crippen LogP contribution < -0.4 is 0 Å². The van der Waals surface area contributed by atoms with Crippen molar-refractivity contribution in [2.75, 3.05) is 0 Å². The van der Waals surface area contributed by atoms with Gasteiger partial charge in [0.25, 0.3) is 0 Å². The molecule has 8 heteroatoms. The van der Waals surface area contributed by atoms with Crippen LogP contribution in [0.4, 0.5) is 0 Å². The van der Waals surface area contributed by atoms with Crippen LogP contribution in [0.2, 0.25) is 0 Å². The summed E-state index contributed by atoms with van der Waals surface area (Å²) in [6.45, 7) is 6.32. The maximum atomic E-state index is 9.93. The van der Waals surface area contributed by atoms with Crippen LogP contribution in [0.15, 0.2) is 43.1 Å². The van der Waals surface area contributed by atoms with E-state index in [9.17, 15) is 5.11 Å². The summed E-state index contributed by atoms with van der Waals surface area (Å²) in [5.41, 5.74) is 10.0. The highest BCUT2D eigenvalue weighted by Gasteiger charge is 2.25. The number of nitrogens with one attached hydrogen (secondary N) is 1. The summed E-state index contributed by atoms with van der Waals surface area (Å²) in [5, 5.41) is 14.3. The minimum Gasteiger partial charge on any atom is -0.392 e. The maximum Gasteiger partial charge on any atom is 0.160 e. The number of aryl methyl sites for hydroxylation is 2. The van der Waals surface area contributed by atoms with Crippen molar-refractivity contribution in [3.8, 4) is 11.3 Å². The number of pyridine rings is 2. The lowest BCUT2D eigenvalue weighted by molar-refractivity contribution is 0.282. The van der Waals surface area contributed by atoms with E-state index < -0.39 is 0 Å². The van der Waals surface area contributed by atoms with E-state index in [-0.39, 0.29) is 12.5 Å². The van der Waals surface area contributed by atoms with Gasteiger partial charge in [-0.3, -0.25) is 15.0 Å². The predicted octanol–water partition coefficient (Wildman–Crippen LogP) is 5.89. The Balaban J connectivity index is 1.23. The number of nitrogens with zero attached hydrogens (tertiary/aromatic N) is 6. The Morgan fingerprint density at radius 1 is 1.08 bits per heavy atom. The maximum absolute atomic E-state index is 9.93. The molecule has 1 aliphatic carbocycles. The molecule has 0 unspecified atom stereocenters. The van der Waals surface area contributed by atoms with E-state index in [0.717, 1.165) is 51.6 Å². The van der Waals surface area contributed by atoms with Gasteiger partial charge in [-0.25, -0.2) is 9.50 Å². The zero-order chi connectivity index (χ0) is 26.2. The molecule has 1 aliphatic rings. The summed E-state index contributed by atoms with van der Waals surface area (Å²) in [6.07, 6.45) is 14.3. The third kappa shape index (κ3) is 4.69.